The van der Waals surface area contributed by atoms with Gasteiger partial charge in [0.05, 0.1) is 26.4 Å². The highest BCUT2D eigenvalue weighted by Crippen LogP contribution is 2.18. The lowest BCUT2D eigenvalue weighted by atomic mass is 9.96. The second kappa shape index (κ2) is 6.84. The van der Waals surface area contributed by atoms with Gasteiger partial charge >= 0.3 is 0 Å². The molecule has 1 saturated heterocycles. The van der Waals surface area contributed by atoms with Crippen LogP contribution in [0.4, 0.5) is 4.39 Å². The summed E-state index contributed by atoms with van der Waals surface area (Å²) in [4.78, 5) is 11.9. The Labute approximate surface area is 121 Å². The number of aliphatic hydroxyl groups excluding tert-OH is 2. The van der Waals surface area contributed by atoms with E-state index in [1.807, 2.05) is 0 Å². The first-order valence-corrected chi connectivity index (χ1v) is 6.58. The molecule has 1 heterocycles. The van der Waals surface area contributed by atoms with E-state index in [0.29, 0.717) is 0 Å². The van der Waals surface area contributed by atoms with Crippen LogP contribution in [0.2, 0.25) is 0 Å². The highest BCUT2D eigenvalue weighted by molar-refractivity contribution is 5.94. The highest BCUT2D eigenvalue weighted by Gasteiger charge is 2.31. The average molecular weight is 299 g/mol. The van der Waals surface area contributed by atoms with E-state index in [9.17, 15) is 19.4 Å². The molecular weight excluding hydrogens is 281 g/mol. The van der Waals surface area contributed by atoms with Crippen LogP contribution < -0.4 is 10.1 Å². The van der Waals surface area contributed by atoms with Gasteiger partial charge in [0.2, 0.25) is 0 Å². The van der Waals surface area contributed by atoms with Crippen LogP contribution in [0.25, 0.3) is 0 Å². The fraction of sp³-hybridized carbons (Fsp3) is 0.500. The van der Waals surface area contributed by atoms with Gasteiger partial charge in [-0.2, -0.15) is 0 Å². The normalized spacial score (nSPS) is 25.4. The molecule has 1 amide bonds. The Morgan fingerprint density at radius 3 is 2.90 bits per heavy atom. The molecule has 1 aromatic rings. The molecule has 6 nitrogen and oxygen atoms in total. The zero-order valence-electron chi connectivity index (χ0n) is 11.6. The van der Waals surface area contributed by atoms with Gasteiger partial charge in [-0.1, -0.05) is 0 Å². The molecule has 1 aliphatic rings. The largest absolute Gasteiger partial charge is 0.494 e. The first-order valence-electron chi connectivity index (χ1n) is 6.58. The number of carbonyl (C=O) groups excluding carboxylic acids is 1. The van der Waals surface area contributed by atoms with Gasteiger partial charge in [0, 0.05) is 18.0 Å². The zero-order valence-corrected chi connectivity index (χ0v) is 11.6. The maximum absolute atomic E-state index is 13.5. The summed E-state index contributed by atoms with van der Waals surface area (Å²) >= 11 is 0. The maximum atomic E-state index is 13.5. The van der Waals surface area contributed by atoms with Crippen LogP contribution >= 0.6 is 0 Å². The Kier molecular flexibility index (Phi) is 5.11. The van der Waals surface area contributed by atoms with Crippen molar-refractivity contribution >= 4 is 5.91 Å². The molecule has 0 aliphatic carbocycles. The van der Waals surface area contributed by atoms with E-state index in [2.05, 4.69) is 5.32 Å². The smallest absolute Gasteiger partial charge is 0.251 e. The summed E-state index contributed by atoms with van der Waals surface area (Å²) in [7, 11) is 1.34. The molecule has 7 heteroatoms. The van der Waals surface area contributed by atoms with Crippen LogP contribution in [0.1, 0.15) is 10.4 Å². The van der Waals surface area contributed by atoms with Gasteiger partial charge in [0.25, 0.3) is 5.91 Å². The molecule has 2 rings (SSSR count). The number of hydrogen-bond acceptors (Lipinski definition) is 5. The number of benzene rings is 1. The zero-order chi connectivity index (χ0) is 15.4. The number of hydrogen-bond donors (Lipinski definition) is 3. The minimum Gasteiger partial charge on any atom is -0.494 e. The second-order valence-corrected chi connectivity index (χ2v) is 4.91. The lowest BCUT2D eigenvalue weighted by Crippen LogP contribution is -2.48. The molecule has 21 heavy (non-hydrogen) atoms. The fourth-order valence-corrected chi connectivity index (χ4v) is 2.16. The number of ether oxygens (including phenoxy) is 2. The summed E-state index contributed by atoms with van der Waals surface area (Å²) in [5.74, 6) is -1.43. The molecule has 0 aromatic heterocycles. The van der Waals surface area contributed by atoms with Gasteiger partial charge in [0.1, 0.15) is 6.10 Å². The Hall–Kier alpha value is -1.70. The molecule has 116 valence electrons. The summed E-state index contributed by atoms with van der Waals surface area (Å²) in [6.07, 6.45) is -1.91. The standard InChI is InChI=1S/C14H18FNO5/c1-20-12-3-2-8(4-10(12)15)14(19)16-5-9-6-21-7-11(17)13(9)18/h2-4,9,11,13,17-18H,5-7H2,1H3,(H,16,19)/t9-,11-,13+/m1/s1. The third-order valence-corrected chi connectivity index (χ3v) is 3.44. The minimum absolute atomic E-state index is 0.0609. The van der Waals surface area contributed by atoms with E-state index in [1.165, 1.54) is 19.2 Å². The topological polar surface area (TPSA) is 88.0 Å². The molecule has 1 aliphatic heterocycles. The predicted molar refractivity (Wildman–Crippen MR) is 71.6 cm³/mol. The number of aliphatic hydroxyl groups is 2. The second-order valence-electron chi connectivity index (χ2n) is 4.91. The number of carbonyl (C=O) groups is 1. The first-order chi connectivity index (χ1) is 10.0. The summed E-state index contributed by atoms with van der Waals surface area (Å²) in [5, 5.41) is 21.8. The lowest BCUT2D eigenvalue weighted by molar-refractivity contribution is -0.118. The molecule has 3 N–H and O–H groups in total. The number of nitrogens with one attached hydrogen (secondary N) is 1. The lowest BCUT2D eigenvalue weighted by Gasteiger charge is -2.31. The van der Waals surface area contributed by atoms with E-state index in [0.717, 1.165) is 6.07 Å². The Morgan fingerprint density at radius 1 is 1.48 bits per heavy atom. The van der Waals surface area contributed by atoms with Gasteiger partial charge in [-0.15, -0.1) is 0 Å². The Balaban J connectivity index is 1.94. The van der Waals surface area contributed by atoms with Gasteiger partial charge in [0.15, 0.2) is 11.6 Å². The third kappa shape index (κ3) is 3.69. The van der Waals surface area contributed by atoms with Gasteiger partial charge in [-0.25, -0.2) is 4.39 Å². The quantitative estimate of drug-likeness (QED) is 0.724. The van der Waals surface area contributed by atoms with Crippen LogP contribution in [0.15, 0.2) is 18.2 Å². The van der Waals surface area contributed by atoms with Crippen LogP contribution in [0.5, 0.6) is 5.75 Å². The third-order valence-electron chi connectivity index (χ3n) is 3.44. The van der Waals surface area contributed by atoms with E-state index in [1.54, 1.807) is 0 Å². The average Bonchev–Trinajstić information content (AvgIpc) is 2.48. The van der Waals surface area contributed by atoms with Crippen molar-refractivity contribution in [3.05, 3.63) is 29.6 Å². The van der Waals surface area contributed by atoms with Crippen molar-refractivity contribution in [3.8, 4) is 5.75 Å². The van der Waals surface area contributed by atoms with Gasteiger partial charge < -0.3 is 25.0 Å². The molecule has 0 saturated carbocycles. The summed E-state index contributed by atoms with van der Waals surface area (Å²) in [6, 6.07) is 3.89. The summed E-state index contributed by atoms with van der Waals surface area (Å²) in [5.41, 5.74) is 0.153. The van der Waals surface area contributed by atoms with E-state index in [-0.39, 0.29) is 31.1 Å². The van der Waals surface area contributed by atoms with Crippen molar-refractivity contribution in [3.63, 3.8) is 0 Å². The highest BCUT2D eigenvalue weighted by atomic mass is 19.1. The summed E-state index contributed by atoms with van der Waals surface area (Å²) < 4.78 is 23.4. The van der Waals surface area contributed by atoms with Crippen molar-refractivity contribution in [1.29, 1.82) is 0 Å². The van der Waals surface area contributed by atoms with Crippen molar-refractivity contribution in [2.24, 2.45) is 5.92 Å². The molecular formula is C14H18FNO5. The maximum Gasteiger partial charge on any atom is 0.251 e. The van der Waals surface area contributed by atoms with Crippen molar-refractivity contribution < 1.29 is 28.9 Å². The Bertz CT molecular complexity index is 510. The molecule has 3 atom stereocenters. The van der Waals surface area contributed by atoms with E-state index in [4.69, 9.17) is 9.47 Å². The van der Waals surface area contributed by atoms with Crippen LogP contribution in [-0.2, 0) is 4.74 Å². The fourth-order valence-electron chi connectivity index (χ4n) is 2.16. The minimum atomic E-state index is -0.959. The van der Waals surface area contributed by atoms with Gasteiger partial charge in [-0.3, -0.25) is 4.79 Å². The molecule has 0 radical (unpaired) electrons. The van der Waals surface area contributed by atoms with Crippen LogP contribution in [-0.4, -0.2) is 55.2 Å². The molecule has 0 bridgehead atoms. The Morgan fingerprint density at radius 2 is 2.24 bits per heavy atom. The summed E-state index contributed by atoms with van der Waals surface area (Å²) in [6.45, 7) is 0.454. The molecule has 1 fully saturated rings. The first kappa shape index (κ1) is 15.7. The number of amides is 1. The molecule has 1 aromatic carbocycles. The SMILES string of the molecule is COc1ccc(C(=O)NC[C@@H]2COC[C@@H](O)[C@H]2O)cc1F. The molecule has 0 spiro atoms. The van der Waals surface area contributed by atoms with E-state index >= 15 is 0 Å². The predicted octanol–water partition coefficient (Wildman–Crippen LogP) is -0.0677. The number of methoxy groups -OCH3 is 1. The van der Waals surface area contributed by atoms with Crippen LogP contribution in [0.3, 0.4) is 0 Å². The number of rotatable bonds is 4. The van der Waals surface area contributed by atoms with Crippen molar-refractivity contribution in [1.82, 2.24) is 5.32 Å². The monoisotopic (exact) mass is 299 g/mol. The van der Waals surface area contributed by atoms with Crippen LogP contribution in [0, 0.1) is 11.7 Å². The van der Waals surface area contributed by atoms with Crippen molar-refractivity contribution in [2.75, 3.05) is 26.9 Å². The van der Waals surface area contributed by atoms with Crippen molar-refractivity contribution in [2.45, 2.75) is 12.2 Å². The number of halogens is 1. The molecule has 0 unspecified atom stereocenters. The van der Waals surface area contributed by atoms with Gasteiger partial charge in [-0.05, 0) is 18.2 Å². The van der Waals surface area contributed by atoms with E-state index < -0.39 is 29.9 Å².